The molecule has 0 spiro atoms. The van der Waals surface area contributed by atoms with Crippen LogP contribution in [0.3, 0.4) is 0 Å². The Morgan fingerprint density at radius 1 is 1.64 bits per heavy atom. The summed E-state index contributed by atoms with van der Waals surface area (Å²) in [5, 5.41) is 7.02. The van der Waals surface area contributed by atoms with Crippen molar-refractivity contribution in [3.05, 3.63) is 16.6 Å². The molecule has 0 amide bonds. The molecule has 0 aliphatic rings. The predicted octanol–water partition coefficient (Wildman–Crippen LogP) is -0.250. The molecule has 6 heteroatoms. The van der Waals surface area contributed by atoms with Crippen LogP contribution in [0, 0.1) is 0 Å². The third-order valence-corrected chi connectivity index (χ3v) is 1.52. The van der Waals surface area contributed by atoms with Gasteiger partial charge >= 0.3 is 0 Å². The van der Waals surface area contributed by atoms with Crippen molar-refractivity contribution >= 4 is 23.5 Å². The van der Waals surface area contributed by atoms with Crippen molar-refractivity contribution in [2.45, 2.75) is 0 Å². The molecule has 4 N–H and O–H groups in total. The number of aromatic nitrogens is 1. The first-order valence-corrected chi connectivity index (χ1v) is 3.67. The van der Waals surface area contributed by atoms with Gasteiger partial charge in [-0.05, 0) is 0 Å². The highest BCUT2D eigenvalue weighted by atomic mass is 32.1. The van der Waals surface area contributed by atoms with Crippen LogP contribution >= 0.6 is 11.3 Å². The van der Waals surface area contributed by atoms with Crippen LogP contribution in [0.25, 0.3) is 0 Å². The Morgan fingerprint density at radius 3 is 3.00 bits per heavy atom. The zero-order valence-corrected chi connectivity index (χ0v) is 6.45. The number of nitrogens with two attached hydrogens (primary N) is 2. The van der Waals surface area contributed by atoms with Gasteiger partial charge < -0.3 is 11.5 Å². The molecule has 0 aliphatic carbocycles. The van der Waals surface area contributed by atoms with Crippen LogP contribution in [0.1, 0.15) is 4.88 Å². The fourth-order valence-corrected chi connectivity index (χ4v) is 0.915. The lowest BCUT2D eigenvalue weighted by atomic mass is 10.6. The molecule has 0 unspecified atom stereocenters. The molecule has 5 nitrogen and oxygen atoms in total. The van der Waals surface area contributed by atoms with Gasteiger partial charge in [0, 0.05) is 6.20 Å². The van der Waals surface area contributed by atoms with Crippen LogP contribution in [0.4, 0.5) is 0 Å². The maximum absolute atomic E-state index is 5.03. The molecule has 11 heavy (non-hydrogen) atoms. The Hall–Kier alpha value is -1.43. The first-order valence-electron chi connectivity index (χ1n) is 2.79. The Bertz CT molecular complexity index is 258. The first kappa shape index (κ1) is 7.67. The van der Waals surface area contributed by atoms with Gasteiger partial charge in [0.2, 0.25) is 5.96 Å². The summed E-state index contributed by atoms with van der Waals surface area (Å²) in [5.74, 6) is -0.0502. The summed E-state index contributed by atoms with van der Waals surface area (Å²) in [4.78, 5) is 4.75. The molecule has 0 bridgehead atoms. The van der Waals surface area contributed by atoms with Crippen LogP contribution in [-0.2, 0) is 0 Å². The van der Waals surface area contributed by atoms with Gasteiger partial charge in [-0.3, -0.25) is 4.98 Å². The minimum atomic E-state index is -0.0502. The molecule has 1 aromatic heterocycles. The van der Waals surface area contributed by atoms with E-state index in [0.29, 0.717) is 0 Å². The van der Waals surface area contributed by atoms with Crippen LogP contribution in [0.2, 0.25) is 0 Å². The standard InChI is InChI=1S/C5H7N5S/c6-5(7)10-9-2-4-1-8-3-11-4/h1-3H,(H4,6,7,10)/b9-2+. The smallest absolute Gasteiger partial charge is 0.211 e. The SMILES string of the molecule is NC(N)=N/N=C/c1cncs1. The number of thiazole rings is 1. The van der Waals surface area contributed by atoms with Gasteiger partial charge in [-0.25, -0.2) is 0 Å². The van der Waals surface area contributed by atoms with Gasteiger partial charge in [0.15, 0.2) is 0 Å². The van der Waals surface area contributed by atoms with E-state index in [-0.39, 0.29) is 5.96 Å². The molecule has 58 valence electrons. The van der Waals surface area contributed by atoms with Crippen molar-refractivity contribution in [1.82, 2.24) is 4.98 Å². The van der Waals surface area contributed by atoms with E-state index in [1.54, 1.807) is 11.7 Å². The van der Waals surface area contributed by atoms with E-state index in [9.17, 15) is 0 Å². The van der Waals surface area contributed by atoms with E-state index < -0.39 is 0 Å². The second-order valence-electron chi connectivity index (χ2n) is 1.67. The average Bonchev–Trinajstić information content (AvgIpc) is 2.39. The third-order valence-electron chi connectivity index (χ3n) is 0.810. The molecular weight excluding hydrogens is 162 g/mol. The molecule has 0 saturated heterocycles. The summed E-state index contributed by atoms with van der Waals surface area (Å²) >= 11 is 1.46. The Kier molecular flexibility index (Phi) is 2.56. The van der Waals surface area contributed by atoms with Gasteiger partial charge in [0.1, 0.15) is 0 Å². The average molecular weight is 169 g/mol. The minimum Gasteiger partial charge on any atom is -0.369 e. The number of hydrogen-bond donors (Lipinski definition) is 2. The molecule has 0 aromatic carbocycles. The number of nitrogens with zero attached hydrogens (tertiary/aromatic N) is 3. The fourth-order valence-electron chi connectivity index (χ4n) is 0.442. The van der Waals surface area contributed by atoms with E-state index in [0.717, 1.165) is 4.88 Å². The molecular formula is C5H7N5S. The Morgan fingerprint density at radius 2 is 2.45 bits per heavy atom. The molecule has 0 radical (unpaired) electrons. The number of guanidine groups is 1. The van der Waals surface area contributed by atoms with Gasteiger partial charge in [-0.15, -0.1) is 16.4 Å². The Labute approximate surface area is 67.5 Å². The Balaban J connectivity index is 2.56. The van der Waals surface area contributed by atoms with E-state index in [2.05, 4.69) is 15.2 Å². The quantitative estimate of drug-likeness (QED) is 0.363. The first-order chi connectivity index (χ1) is 5.29. The van der Waals surface area contributed by atoms with Crippen LogP contribution in [-0.4, -0.2) is 17.2 Å². The monoisotopic (exact) mass is 169 g/mol. The van der Waals surface area contributed by atoms with Crippen LogP contribution in [0.5, 0.6) is 0 Å². The molecule has 1 heterocycles. The lowest BCUT2D eigenvalue weighted by Crippen LogP contribution is -2.21. The maximum Gasteiger partial charge on any atom is 0.211 e. The third kappa shape index (κ3) is 2.76. The van der Waals surface area contributed by atoms with Crippen LogP contribution in [0.15, 0.2) is 21.9 Å². The summed E-state index contributed by atoms with van der Waals surface area (Å²) in [7, 11) is 0. The molecule has 0 fully saturated rings. The zero-order valence-electron chi connectivity index (χ0n) is 5.64. The molecule has 0 aliphatic heterocycles. The van der Waals surface area contributed by atoms with E-state index >= 15 is 0 Å². The summed E-state index contributed by atoms with van der Waals surface area (Å²) in [6, 6.07) is 0. The second-order valence-corrected chi connectivity index (χ2v) is 2.59. The van der Waals surface area contributed by atoms with E-state index in [1.807, 2.05) is 0 Å². The van der Waals surface area contributed by atoms with Crippen molar-refractivity contribution in [3.8, 4) is 0 Å². The minimum absolute atomic E-state index is 0.0502. The number of hydrogen-bond acceptors (Lipinski definition) is 4. The highest BCUT2D eigenvalue weighted by molar-refractivity contribution is 7.11. The zero-order chi connectivity index (χ0) is 8.10. The fraction of sp³-hybridized carbons (Fsp3) is 0. The summed E-state index contributed by atoms with van der Waals surface area (Å²) < 4.78 is 0. The predicted molar refractivity (Wildman–Crippen MR) is 45.5 cm³/mol. The molecule has 0 saturated carbocycles. The number of rotatable bonds is 2. The van der Waals surface area contributed by atoms with Gasteiger partial charge in [-0.1, -0.05) is 0 Å². The summed E-state index contributed by atoms with van der Waals surface area (Å²) in [5.41, 5.74) is 11.8. The lowest BCUT2D eigenvalue weighted by Gasteiger charge is -1.81. The van der Waals surface area contributed by atoms with Gasteiger partial charge in [-0.2, -0.15) is 5.10 Å². The van der Waals surface area contributed by atoms with Crippen LogP contribution < -0.4 is 11.5 Å². The topological polar surface area (TPSA) is 89.7 Å². The van der Waals surface area contributed by atoms with Gasteiger partial charge in [0.05, 0.1) is 16.6 Å². The summed E-state index contributed by atoms with van der Waals surface area (Å²) in [6.45, 7) is 0. The van der Waals surface area contributed by atoms with E-state index in [4.69, 9.17) is 11.5 Å². The molecule has 1 rings (SSSR count). The van der Waals surface area contributed by atoms with Crippen molar-refractivity contribution in [2.24, 2.45) is 21.7 Å². The second kappa shape index (κ2) is 3.67. The lowest BCUT2D eigenvalue weighted by molar-refractivity contribution is 1.22. The summed E-state index contributed by atoms with van der Waals surface area (Å²) in [6.07, 6.45) is 3.22. The molecule has 1 aromatic rings. The normalized spacial score (nSPS) is 10.2. The van der Waals surface area contributed by atoms with Crippen molar-refractivity contribution < 1.29 is 0 Å². The molecule has 0 atom stereocenters. The van der Waals surface area contributed by atoms with Crippen molar-refractivity contribution in [1.29, 1.82) is 0 Å². The highest BCUT2D eigenvalue weighted by Gasteiger charge is 1.85. The largest absolute Gasteiger partial charge is 0.369 e. The van der Waals surface area contributed by atoms with Crippen molar-refractivity contribution in [2.75, 3.05) is 0 Å². The van der Waals surface area contributed by atoms with E-state index in [1.165, 1.54) is 17.6 Å². The highest BCUT2D eigenvalue weighted by Crippen LogP contribution is 2.00. The van der Waals surface area contributed by atoms with Crippen molar-refractivity contribution in [3.63, 3.8) is 0 Å². The van der Waals surface area contributed by atoms with Gasteiger partial charge in [0.25, 0.3) is 0 Å². The maximum atomic E-state index is 5.03.